The number of benzene rings is 1. The van der Waals surface area contributed by atoms with E-state index in [2.05, 4.69) is 10.0 Å². The van der Waals surface area contributed by atoms with Crippen LogP contribution in [0, 0.1) is 0 Å². The van der Waals surface area contributed by atoms with Crippen LogP contribution in [0.2, 0.25) is 0 Å². The highest BCUT2D eigenvalue weighted by Gasteiger charge is 2.21. The van der Waals surface area contributed by atoms with Gasteiger partial charge in [-0.15, -0.1) is 0 Å². The largest absolute Gasteiger partial charge is 0.317 e. The van der Waals surface area contributed by atoms with Crippen LogP contribution in [0.25, 0.3) is 0 Å². The van der Waals surface area contributed by atoms with Crippen LogP contribution in [-0.4, -0.2) is 27.5 Å². The van der Waals surface area contributed by atoms with Crippen LogP contribution < -0.4 is 10.0 Å². The Kier molecular flexibility index (Phi) is 4.37. The van der Waals surface area contributed by atoms with E-state index in [4.69, 9.17) is 0 Å². The van der Waals surface area contributed by atoms with Crippen molar-refractivity contribution >= 4 is 10.0 Å². The molecule has 0 saturated carbocycles. The maximum absolute atomic E-state index is 12.2. The minimum absolute atomic E-state index is 0.0570. The Labute approximate surface area is 109 Å². The van der Waals surface area contributed by atoms with E-state index in [9.17, 15) is 8.42 Å². The molecular formula is C13H20N2O2S. The van der Waals surface area contributed by atoms with Crippen LogP contribution in [0.1, 0.15) is 25.3 Å². The first-order valence-electron chi connectivity index (χ1n) is 6.44. The van der Waals surface area contributed by atoms with Gasteiger partial charge < -0.3 is 5.32 Å². The third-order valence-electron chi connectivity index (χ3n) is 3.28. The fourth-order valence-electron chi connectivity index (χ4n) is 2.16. The number of sulfonamides is 1. The molecule has 0 radical (unpaired) electrons. The zero-order chi connectivity index (χ0) is 13.0. The van der Waals surface area contributed by atoms with E-state index in [1.165, 1.54) is 0 Å². The lowest BCUT2D eigenvalue weighted by Gasteiger charge is -2.23. The molecule has 4 nitrogen and oxygen atoms in total. The van der Waals surface area contributed by atoms with Gasteiger partial charge in [0.05, 0.1) is 4.90 Å². The van der Waals surface area contributed by atoms with Gasteiger partial charge in [-0.05, 0) is 50.0 Å². The first kappa shape index (κ1) is 13.5. The van der Waals surface area contributed by atoms with Crippen molar-refractivity contribution in [2.45, 2.75) is 37.1 Å². The average Bonchev–Trinajstić information content (AvgIpc) is 2.39. The molecule has 1 aromatic rings. The van der Waals surface area contributed by atoms with E-state index >= 15 is 0 Å². The minimum Gasteiger partial charge on any atom is -0.317 e. The number of aryl methyl sites for hydroxylation is 1. The predicted octanol–water partition coefficient (Wildman–Crippen LogP) is 1.28. The molecule has 5 heteroatoms. The Morgan fingerprint density at radius 2 is 2.06 bits per heavy atom. The van der Waals surface area contributed by atoms with Crippen molar-refractivity contribution in [1.29, 1.82) is 0 Å². The third kappa shape index (κ3) is 3.31. The summed E-state index contributed by atoms with van der Waals surface area (Å²) in [4.78, 5) is 0.375. The molecule has 0 atom stereocenters. The van der Waals surface area contributed by atoms with E-state index in [1.54, 1.807) is 18.2 Å². The van der Waals surface area contributed by atoms with Crippen LogP contribution >= 0.6 is 0 Å². The SMILES string of the molecule is CCc1cccc(S(=O)(=O)NC2CCNCC2)c1. The van der Waals surface area contributed by atoms with E-state index in [0.717, 1.165) is 37.9 Å². The van der Waals surface area contributed by atoms with Gasteiger partial charge in [-0.2, -0.15) is 0 Å². The molecule has 0 bridgehead atoms. The number of hydrogen-bond donors (Lipinski definition) is 2. The Bertz CT molecular complexity index is 493. The number of rotatable bonds is 4. The predicted molar refractivity (Wildman–Crippen MR) is 72.0 cm³/mol. The molecule has 1 saturated heterocycles. The van der Waals surface area contributed by atoms with Gasteiger partial charge in [0.25, 0.3) is 0 Å². The molecule has 1 aliphatic rings. The monoisotopic (exact) mass is 268 g/mol. The zero-order valence-corrected chi connectivity index (χ0v) is 11.5. The summed E-state index contributed by atoms with van der Waals surface area (Å²) in [5.74, 6) is 0. The molecule has 0 aromatic heterocycles. The molecule has 2 N–H and O–H groups in total. The van der Waals surface area contributed by atoms with Crippen molar-refractivity contribution < 1.29 is 8.42 Å². The number of piperidine rings is 1. The van der Waals surface area contributed by atoms with Crippen LogP contribution in [-0.2, 0) is 16.4 Å². The van der Waals surface area contributed by atoms with Gasteiger partial charge >= 0.3 is 0 Å². The quantitative estimate of drug-likeness (QED) is 0.865. The third-order valence-corrected chi connectivity index (χ3v) is 4.80. The van der Waals surface area contributed by atoms with E-state index in [-0.39, 0.29) is 6.04 Å². The molecule has 2 rings (SSSR count). The first-order chi connectivity index (χ1) is 8.62. The van der Waals surface area contributed by atoms with Crippen molar-refractivity contribution in [2.75, 3.05) is 13.1 Å². The second kappa shape index (κ2) is 5.82. The van der Waals surface area contributed by atoms with Gasteiger partial charge in [0.2, 0.25) is 10.0 Å². The Hall–Kier alpha value is -0.910. The van der Waals surface area contributed by atoms with Crippen molar-refractivity contribution in [3.63, 3.8) is 0 Å². The Balaban J connectivity index is 2.13. The molecule has 1 heterocycles. The lowest BCUT2D eigenvalue weighted by Crippen LogP contribution is -2.42. The summed E-state index contributed by atoms with van der Waals surface area (Å²) < 4.78 is 27.3. The molecule has 1 aromatic carbocycles. The molecule has 1 aliphatic heterocycles. The van der Waals surface area contributed by atoms with Crippen LogP contribution in [0.5, 0.6) is 0 Å². The molecular weight excluding hydrogens is 248 g/mol. The lowest BCUT2D eigenvalue weighted by molar-refractivity contribution is 0.427. The average molecular weight is 268 g/mol. The van der Waals surface area contributed by atoms with Crippen molar-refractivity contribution in [1.82, 2.24) is 10.0 Å². The van der Waals surface area contributed by atoms with Crippen molar-refractivity contribution in [3.05, 3.63) is 29.8 Å². The first-order valence-corrected chi connectivity index (χ1v) is 7.92. The molecule has 0 amide bonds. The fraction of sp³-hybridized carbons (Fsp3) is 0.538. The van der Waals surface area contributed by atoms with Crippen molar-refractivity contribution in [2.24, 2.45) is 0 Å². The van der Waals surface area contributed by atoms with E-state index < -0.39 is 10.0 Å². The summed E-state index contributed by atoms with van der Waals surface area (Å²) in [7, 11) is -3.37. The van der Waals surface area contributed by atoms with Gasteiger partial charge in [0, 0.05) is 6.04 Å². The van der Waals surface area contributed by atoms with Crippen molar-refractivity contribution in [3.8, 4) is 0 Å². The van der Waals surface area contributed by atoms with Gasteiger partial charge in [-0.3, -0.25) is 0 Å². The molecule has 0 spiro atoms. The summed E-state index contributed by atoms with van der Waals surface area (Å²) >= 11 is 0. The maximum atomic E-state index is 12.2. The standard InChI is InChI=1S/C13H20N2O2S/c1-2-11-4-3-5-13(10-11)18(16,17)15-12-6-8-14-9-7-12/h3-5,10,12,14-15H,2,6-9H2,1H3. The van der Waals surface area contributed by atoms with Crippen LogP contribution in [0.15, 0.2) is 29.2 Å². The maximum Gasteiger partial charge on any atom is 0.240 e. The van der Waals surface area contributed by atoms with Gasteiger partial charge in [0.15, 0.2) is 0 Å². The van der Waals surface area contributed by atoms with Gasteiger partial charge in [-0.1, -0.05) is 19.1 Å². The summed E-state index contributed by atoms with van der Waals surface area (Å²) in [6.07, 6.45) is 2.55. The fourth-order valence-corrected chi connectivity index (χ4v) is 3.53. The molecule has 1 fully saturated rings. The topological polar surface area (TPSA) is 58.2 Å². The summed E-state index contributed by atoms with van der Waals surface area (Å²) in [6.45, 7) is 3.77. The number of nitrogens with one attached hydrogen (secondary N) is 2. The summed E-state index contributed by atoms with van der Waals surface area (Å²) in [6, 6.07) is 7.22. The van der Waals surface area contributed by atoms with Gasteiger partial charge in [0.1, 0.15) is 0 Å². The number of hydrogen-bond acceptors (Lipinski definition) is 3. The molecule has 100 valence electrons. The summed E-state index contributed by atoms with van der Waals surface area (Å²) in [5, 5.41) is 3.22. The second-order valence-corrected chi connectivity index (χ2v) is 6.36. The normalized spacial score (nSPS) is 17.8. The highest BCUT2D eigenvalue weighted by molar-refractivity contribution is 7.89. The smallest absolute Gasteiger partial charge is 0.240 e. The highest BCUT2D eigenvalue weighted by atomic mass is 32.2. The minimum atomic E-state index is -3.37. The van der Waals surface area contributed by atoms with E-state index in [1.807, 2.05) is 13.0 Å². The van der Waals surface area contributed by atoms with E-state index in [0.29, 0.717) is 4.90 Å². The van der Waals surface area contributed by atoms with Gasteiger partial charge in [-0.25, -0.2) is 13.1 Å². The molecule has 18 heavy (non-hydrogen) atoms. The summed E-state index contributed by atoms with van der Waals surface area (Å²) in [5.41, 5.74) is 1.04. The van der Waals surface area contributed by atoms with Crippen LogP contribution in [0.3, 0.4) is 0 Å². The zero-order valence-electron chi connectivity index (χ0n) is 10.6. The molecule has 0 aliphatic carbocycles. The second-order valence-electron chi connectivity index (χ2n) is 4.65. The van der Waals surface area contributed by atoms with Crippen LogP contribution in [0.4, 0.5) is 0 Å². The molecule has 0 unspecified atom stereocenters. The Morgan fingerprint density at radius 3 is 2.72 bits per heavy atom. The Morgan fingerprint density at radius 1 is 1.33 bits per heavy atom. The lowest BCUT2D eigenvalue weighted by atomic mass is 10.1. The highest BCUT2D eigenvalue weighted by Crippen LogP contribution is 2.14.